The number of hydrazone groups is 1. The van der Waals surface area contributed by atoms with Gasteiger partial charge in [-0.1, -0.05) is 12.6 Å². The number of hydrogen-bond donors (Lipinski definition) is 0. The standard InChI is InChI=1S/C9H8N4/c1-3-13(11-2)9-6-4-5-8(7-10)12-9/h3-6H,1-2H2. The molecule has 0 radical (unpaired) electrons. The number of rotatable bonds is 3. The van der Waals surface area contributed by atoms with Crippen molar-refractivity contribution in [3.8, 4) is 6.07 Å². The van der Waals surface area contributed by atoms with Crippen LogP contribution in [0.3, 0.4) is 0 Å². The smallest absolute Gasteiger partial charge is 0.154 e. The van der Waals surface area contributed by atoms with Gasteiger partial charge in [-0.3, -0.25) is 0 Å². The number of aromatic nitrogens is 1. The first-order valence-corrected chi connectivity index (χ1v) is 3.57. The van der Waals surface area contributed by atoms with E-state index in [-0.39, 0.29) is 0 Å². The van der Waals surface area contributed by atoms with E-state index in [1.54, 1.807) is 18.2 Å². The number of nitrogens with zero attached hydrogens (tertiary/aromatic N) is 4. The van der Waals surface area contributed by atoms with E-state index in [9.17, 15) is 0 Å². The topological polar surface area (TPSA) is 52.3 Å². The Morgan fingerprint density at radius 3 is 2.92 bits per heavy atom. The largest absolute Gasteiger partial charge is 0.224 e. The summed E-state index contributed by atoms with van der Waals surface area (Å²) >= 11 is 0. The summed E-state index contributed by atoms with van der Waals surface area (Å²) in [5.41, 5.74) is 0.341. The molecule has 0 atom stereocenters. The minimum Gasteiger partial charge on any atom is -0.224 e. The quantitative estimate of drug-likeness (QED) is 0.513. The minimum atomic E-state index is 0.341. The van der Waals surface area contributed by atoms with E-state index in [0.29, 0.717) is 11.5 Å². The van der Waals surface area contributed by atoms with Gasteiger partial charge < -0.3 is 0 Å². The van der Waals surface area contributed by atoms with Gasteiger partial charge in [-0.05, 0) is 12.1 Å². The van der Waals surface area contributed by atoms with Gasteiger partial charge in [-0.25, -0.2) is 9.99 Å². The van der Waals surface area contributed by atoms with E-state index in [4.69, 9.17) is 5.26 Å². The highest BCUT2D eigenvalue weighted by Crippen LogP contribution is 2.10. The third-order valence-corrected chi connectivity index (χ3v) is 1.41. The lowest BCUT2D eigenvalue weighted by atomic mass is 10.3. The van der Waals surface area contributed by atoms with Crippen LogP contribution in [0.4, 0.5) is 5.82 Å². The number of anilines is 1. The molecule has 1 aromatic rings. The van der Waals surface area contributed by atoms with Crippen molar-refractivity contribution in [3.05, 3.63) is 36.7 Å². The van der Waals surface area contributed by atoms with Crippen molar-refractivity contribution in [1.82, 2.24) is 4.98 Å². The molecule has 0 aliphatic rings. The Labute approximate surface area is 76.4 Å². The van der Waals surface area contributed by atoms with Gasteiger partial charge in [0.25, 0.3) is 0 Å². The molecule has 1 aromatic heterocycles. The molecular weight excluding hydrogens is 164 g/mol. The molecule has 0 fully saturated rings. The molecule has 64 valence electrons. The highest BCUT2D eigenvalue weighted by molar-refractivity contribution is 5.45. The van der Waals surface area contributed by atoms with Gasteiger partial charge in [0, 0.05) is 12.9 Å². The Hall–Kier alpha value is -2.15. The second kappa shape index (κ2) is 4.02. The van der Waals surface area contributed by atoms with E-state index >= 15 is 0 Å². The fourth-order valence-electron chi connectivity index (χ4n) is 0.837. The Morgan fingerprint density at radius 2 is 2.38 bits per heavy atom. The van der Waals surface area contributed by atoms with Gasteiger partial charge in [-0.15, -0.1) is 0 Å². The lowest BCUT2D eigenvalue weighted by molar-refractivity contribution is 1.03. The molecule has 0 aliphatic heterocycles. The van der Waals surface area contributed by atoms with Crippen molar-refractivity contribution in [1.29, 1.82) is 5.26 Å². The molecular formula is C9H8N4. The van der Waals surface area contributed by atoms with Crippen LogP contribution in [0.25, 0.3) is 0 Å². The van der Waals surface area contributed by atoms with Crippen molar-refractivity contribution in [2.75, 3.05) is 5.01 Å². The van der Waals surface area contributed by atoms with E-state index in [1.807, 2.05) is 6.07 Å². The molecule has 0 saturated carbocycles. The normalized spacial score (nSPS) is 8.54. The Bertz CT molecular complexity index is 356. The molecule has 1 heterocycles. The maximum atomic E-state index is 8.59. The fraction of sp³-hybridized carbons (Fsp3) is 0. The van der Waals surface area contributed by atoms with Crippen molar-refractivity contribution in [2.24, 2.45) is 5.10 Å². The maximum Gasteiger partial charge on any atom is 0.154 e. The molecule has 0 amide bonds. The average molecular weight is 172 g/mol. The van der Waals surface area contributed by atoms with Crippen LogP contribution in [0, 0.1) is 11.3 Å². The highest BCUT2D eigenvalue weighted by Gasteiger charge is 2.01. The lowest BCUT2D eigenvalue weighted by Gasteiger charge is -2.10. The Balaban J connectivity index is 3.08. The SMILES string of the molecule is C=CN(N=C)c1cccc(C#N)n1. The second-order valence-corrected chi connectivity index (χ2v) is 2.16. The predicted octanol–water partition coefficient (Wildman–Crippen LogP) is 1.52. The summed E-state index contributed by atoms with van der Waals surface area (Å²) in [6.45, 7) is 6.88. The van der Waals surface area contributed by atoms with E-state index in [2.05, 4.69) is 23.4 Å². The van der Waals surface area contributed by atoms with Crippen molar-refractivity contribution in [2.45, 2.75) is 0 Å². The molecule has 0 bridgehead atoms. The number of pyridine rings is 1. The summed E-state index contributed by atoms with van der Waals surface area (Å²) in [4.78, 5) is 3.99. The third-order valence-electron chi connectivity index (χ3n) is 1.41. The van der Waals surface area contributed by atoms with Crippen molar-refractivity contribution >= 4 is 12.5 Å². The van der Waals surface area contributed by atoms with Crippen LogP contribution >= 0.6 is 0 Å². The Morgan fingerprint density at radius 1 is 1.62 bits per heavy atom. The lowest BCUT2D eigenvalue weighted by Crippen LogP contribution is -2.07. The molecule has 0 aliphatic carbocycles. The van der Waals surface area contributed by atoms with Gasteiger partial charge >= 0.3 is 0 Å². The highest BCUT2D eigenvalue weighted by atomic mass is 15.5. The monoisotopic (exact) mass is 172 g/mol. The first-order valence-electron chi connectivity index (χ1n) is 3.57. The molecule has 0 aromatic carbocycles. The fourth-order valence-corrected chi connectivity index (χ4v) is 0.837. The van der Waals surface area contributed by atoms with Gasteiger partial charge in [0.2, 0.25) is 0 Å². The first kappa shape index (κ1) is 8.94. The molecule has 0 unspecified atom stereocenters. The molecule has 13 heavy (non-hydrogen) atoms. The number of hydrogen-bond acceptors (Lipinski definition) is 4. The van der Waals surface area contributed by atoms with Gasteiger partial charge in [0.05, 0.1) is 0 Å². The molecule has 0 saturated heterocycles. The molecule has 4 nitrogen and oxygen atoms in total. The zero-order chi connectivity index (χ0) is 9.68. The molecule has 0 spiro atoms. The zero-order valence-corrected chi connectivity index (χ0v) is 7.01. The maximum absolute atomic E-state index is 8.59. The molecule has 0 N–H and O–H groups in total. The number of nitriles is 1. The van der Waals surface area contributed by atoms with E-state index in [1.165, 1.54) is 11.2 Å². The van der Waals surface area contributed by atoms with E-state index in [0.717, 1.165) is 0 Å². The minimum absolute atomic E-state index is 0.341. The summed E-state index contributed by atoms with van der Waals surface area (Å²) in [6.07, 6.45) is 1.47. The predicted molar refractivity (Wildman–Crippen MR) is 51.2 cm³/mol. The van der Waals surface area contributed by atoms with Crippen molar-refractivity contribution in [3.63, 3.8) is 0 Å². The van der Waals surface area contributed by atoms with Crippen molar-refractivity contribution < 1.29 is 0 Å². The van der Waals surface area contributed by atoms with E-state index < -0.39 is 0 Å². The summed E-state index contributed by atoms with van der Waals surface area (Å²) < 4.78 is 0. The summed E-state index contributed by atoms with van der Waals surface area (Å²) in [5.74, 6) is 0.532. The molecule has 4 heteroatoms. The summed E-state index contributed by atoms with van der Waals surface area (Å²) in [6, 6.07) is 7.00. The van der Waals surface area contributed by atoms with Crippen LogP contribution in [-0.2, 0) is 0 Å². The van der Waals surface area contributed by atoms with Gasteiger partial charge in [-0.2, -0.15) is 10.4 Å². The van der Waals surface area contributed by atoms with Crippen LogP contribution < -0.4 is 5.01 Å². The molecule has 1 rings (SSSR count). The van der Waals surface area contributed by atoms with Crippen LogP contribution in [0.1, 0.15) is 5.69 Å². The average Bonchev–Trinajstić information content (AvgIpc) is 2.20. The van der Waals surface area contributed by atoms with Crippen LogP contribution in [0.5, 0.6) is 0 Å². The van der Waals surface area contributed by atoms with Crippen LogP contribution in [0.15, 0.2) is 36.1 Å². The van der Waals surface area contributed by atoms with Gasteiger partial charge in [0.15, 0.2) is 5.82 Å². The van der Waals surface area contributed by atoms with Crippen LogP contribution in [-0.4, -0.2) is 11.7 Å². The van der Waals surface area contributed by atoms with Crippen LogP contribution in [0.2, 0.25) is 0 Å². The third kappa shape index (κ3) is 1.91. The second-order valence-electron chi connectivity index (χ2n) is 2.16. The summed E-state index contributed by atoms with van der Waals surface area (Å²) in [7, 11) is 0. The van der Waals surface area contributed by atoms with Gasteiger partial charge in [0.1, 0.15) is 11.8 Å². The zero-order valence-electron chi connectivity index (χ0n) is 7.01. The summed E-state index contributed by atoms with van der Waals surface area (Å²) in [5, 5.41) is 13.6. The Kier molecular flexibility index (Phi) is 2.77. The first-order chi connectivity index (χ1) is 6.31.